The maximum atomic E-state index is 12.8. The van der Waals surface area contributed by atoms with Crippen LogP contribution in [0.25, 0.3) is 10.2 Å². The Morgan fingerprint density at radius 3 is 2.62 bits per heavy atom. The van der Waals surface area contributed by atoms with Crippen molar-refractivity contribution in [3.05, 3.63) is 62.5 Å². The summed E-state index contributed by atoms with van der Waals surface area (Å²) >= 11 is 1.53. The van der Waals surface area contributed by atoms with Crippen LogP contribution < -0.4 is 10.9 Å². The Bertz CT molecular complexity index is 1150. The van der Waals surface area contributed by atoms with E-state index in [2.05, 4.69) is 46.4 Å². The lowest BCUT2D eigenvalue weighted by Crippen LogP contribution is -2.44. The molecule has 0 saturated carbocycles. The van der Waals surface area contributed by atoms with Gasteiger partial charge in [0.25, 0.3) is 5.56 Å². The SMILES string of the molecule is Cc1ccc(C(CNC(=O)CCn2cnc3sc(C)c(C)c3c2=O)N2CCOCC2)cc1. The Morgan fingerprint density at radius 1 is 1.19 bits per heavy atom. The van der Waals surface area contributed by atoms with Gasteiger partial charge in [0.05, 0.1) is 31.0 Å². The van der Waals surface area contributed by atoms with Crippen LogP contribution in [0.4, 0.5) is 0 Å². The summed E-state index contributed by atoms with van der Waals surface area (Å²) in [6.07, 6.45) is 1.79. The third kappa shape index (κ3) is 4.92. The minimum atomic E-state index is -0.0736. The number of hydrogen-bond acceptors (Lipinski definition) is 6. The molecule has 0 radical (unpaired) electrons. The van der Waals surface area contributed by atoms with Gasteiger partial charge in [0, 0.05) is 37.5 Å². The van der Waals surface area contributed by atoms with Crippen LogP contribution >= 0.6 is 11.3 Å². The molecule has 0 aliphatic carbocycles. The van der Waals surface area contributed by atoms with Gasteiger partial charge in [-0.2, -0.15) is 0 Å². The first-order valence-corrected chi connectivity index (χ1v) is 11.9. The second-order valence-corrected chi connectivity index (χ2v) is 9.54. The molecule has 1 aliphatic rings. The van der Waals surface area contributed by atoms with Crippen molar-refractivity contribution < 1.29 is 9.53 Å². The van der Waals surface area contributed by atoms with E-state index in [4.69, 9.17) is 4.74 Å². The van der Waals surface area contributed by atoms with E-state index in [-0.39, 0.29) is 23.9 Å². The predicted molar refractivity (Wildman–Crippen MR) is 127 cm³/mol. The fourth-order valence-corrected chi connectivity index (χ4v) is 5.07. The largest absolute Gasteiger partial charge is 0.379 e. The van der Waals surface area contributed by atoms with Crippen molar-refractivity contribution in [2.24, 2.45) is 0 Å². The molecule has 8 heteroatoms. The summed E-state index contributed by atoms with van der Waals surface area (Å²) < 4.78 is 7.05. The van der Waals surface area contributed by atoms with Gasteiger partial charge in [-0.25, -0.2) is 4.98 Å². The molecular weight excluding hydrogens is 424 g/mol. The highest BCUT2D eigenvalue weighted by Crippen LogP contribution is 2.25. The van der Waals surface area contributed by atoms with Crippen LogP contribution in [0.2, 0.25) is 0 Å². The van der Waals surface area contributed by atoms with Crippen LogP contribution in [0.15, 0.2) is 35.4 Å². The van der Waals surface area contributed by atoms with Crippen molar-refractivity contribution in [2.45, 2.75) is 39.8 Å². The molecule has 1 atom stereocenters. The van der Waals surface area contributed by atoms with Gasteiger partial charge in [0.2, 0.25) is 5.91 Å². The van der Waals surface area contributed by atoms with Gasteiger partial charge in [-0.1, -0.05) is 29.8 Å². The van der Waals surface area contributed by atoms with E-state index in [1.54, 1.807) is 10.9 Å². The van der Waals surface area contributed by atoms with Crippen LogP contribution in [0.3, 0.4) is 0 Å². The van der Waals surface area contributed by atoms with E-state index in [0.717, 1.165) is 28.4 Å². The number of nitrogens with zero attached hydrogens (tertiary/aromatic N) is 3. The quantitative estimate of drug-likeness (QED) is 0.594. The normalized spacial score (nSPS) is 15.7. The van der Waals surface area contributed by atoms with E-state index in [0.29, 0.717) is 31.7 Å². The van der Waals surface area contributed by atoms with Crippen molar-refractivity contribution in [1.82, 2.24) is 19.8 Å². The van der Waals surface area contributed by atoms with Crippen LogP contribution in [-0.2, 0) is 16.1 Å². The van der Waals surface area contributed by atoms with Crippen LogP contribution in [0.5, 0.6) is 0 Å². The second-order valence-electron chi connectivity index (χ2n) is 8.34. The zero-order valence-electron chi connectivity index (χ0n) is 18.9. The van der Waals surface area contributed by atoms with Gasteiger partial charge < -0.3 is 10.1 Å². The Morgan fingerprint density at radius 2 is 1.91 bits per heavy atom. The summed E-state index contributed by atoms with van der Waals surface area (Å²) in [6, 6.07) is 8.57. The molecule has 1 amide bonds. The number of morpholine rings is 1. The molecule has 1 unspecified atom stereocenters. The summed E-state index contributed by atoms with van der Waals surface area (Å²) in [5.74, 6) is -0.0689. The Hall–Kier alpha value is -2.55. The second kappa shape index (κ2) is 9.94. The van der Waals surface area contributed by atoms with E-state index in [9.17, 15) is 9.59 Å². The molecule has 32 heavy (non-hydrogen) atoms. The Balaban J connectivity index is 1.41. The predicted octanol–water partition coefficient (Wildman–Crippen LogP) is 2.96. The highest BCUT2D eigenvalue weighted by atomic mass is 32.1. The van der Waals surface area contributed by atoms with E-state index in [1.807, 2.05) is 13.8 Å². The van der Waals surface area contributed by atoms with Crippen LogP contribution in [-0.4, -0.2) is 53.2 Å². The number of amides is 1. The molecule has 1 aromatic carbocycles. The number of ether oxygens (including phenoxy) is 1. The fourth-order valence-electron chi connectivity index (χ4n) is 4.09. The first-order valence-electron chi connectivity index (χ1n) is 11.0. The van der Waals surface area contributed by atoms with Crippen molar-refractivity contribution in [2.75, 3.05) is 32.8 Å². The average molecular weight is 455 g/mol. The average Bonchev–Trinajstić information content (AvgIpc) is 3.09. The number of thiophene rings is 1. The number of rotatable bonds is 7. The van der Waals surface area contributed by atoms with Crippen LogP contribution in [0, 0.1) is 20.8 Å². The lowest BCUT2D eigenvalue weighted by molar-refractivity contribution is -0.121. The molecule has 4 rings (SSSR count). The van der Waals surface area contributed by atoms with Crippen molar-refractivity contribution >= 4 is 27.5 Å². The zero-order chi connectivity index (χ0) is 22.7. The van der Waals surface area contributed by atoms with Gasteiger partial charge in [-0.15, -0.1) is 11.3 Å². The van der Waals surface area contributed by atoms with Gasteiger partial charge in [-0.3, -0.25) is 19.1 Å². The van der Waals surface area contributed by atoms with Crippen molar-refractivity contribution in [3.8, 4) is 0 Å². The molecule has 0 bridgehead atoms. The van der Waals surface area contributed by atoms with Gasteiger partial charge >= 0.3 is 0 Å². The van der Waals surface area contributed by atoms with Gasteiger partial charge in [-0.05, 0) is 31.9 Å². The van der Waals surface area contributed by atoms with Crippen LogP contribution in [0.1, 0.15) is 34.0 Å². The lowest BCUT2D eigenvalue weighted by atomic mass is 10.0. The number of benzene rings is 1. The summed E-state index contributed by atoms with van der Waals surface area (Å²) in [4.78, 5) is 34.1. The number of nitrogens with one attached hydrogen (secondary N) is 1. The van der Waals surface area contributed by atoms with Crippen molar-refractivity contribution in [3.63, 3.8) is 0 Å². The minimum Gasteiger partial charge on any atom is -0.379 e. The number of hydrogen-bond donors (Lipinski definition) is 1. The van der Waals surface area contributed by atoms with E-state index >= 15 is 0 Å². The fraction of sp³-hybridized carbons (Fsp3) is 0.458. The molecule has 0 spiro atoms. The maximum Gasteiger partial charge on any atom is 0.262 e. The number of carbonyl (C=O) groups excluding carboxylic acids is 1. The van der Waals surface area contributed by atoms with E-state index < -0.39 is 0 Å². The topological polar surface area (TPSA) is 76.5 Å². The highest BCUT2D eigenvalue weighted by molar-refractivity contribution is 7.18. The molecule has 1 N–H and O–H groups in total. The van der Waals surface area contributed by atoms with E-state index in [1.165, 1.54) is 22.5 Å². The molecule has 1 aliphatic heterocycles. The third-order valence-corrected chi connectivity index (χ3v) is 7.29. The highest BCUT2D eigenvalue weighted by Gasteiger charge is 2.23. The van der Waals surface area contributed by atoms with Crippen molar-refractivity contribution in [1.29, 1.82) is 0 Å². The first-order chi connectivity index (χ1) is 15.4. The van der Waals surface area contributed by atoms with Gasteiger partial charge in [0.15, 0.2) is 0 Å². The molecule has 1 saturated heterocycles. The monoisotopic (exact) mass is 454 g/mol. The summed E-state index contributed by atoms with van der Waals surface area (Å²) in [5, 5.41) is 3.75. The molecule has 7 nitrogen and oxygen atoms in total. The summed E-state index contributed by atoms with van der Waals surface area (Å²) in [6.45, 7) is 9.95. The summed E-state index contributed by atoms with van der Waals surface area (Å²) in [7, 11) is 0. The summed E-state index contributed by atoms with van der Waals surface area (Å²) in [5.41, 5.74) is 3.31. The molecular formula is C24H30N4O3S. The lowest BCUT2D eigenvalue weighted by Gasteiger charge is -2.35. The minimum absolute atomic E-state index is 0.0689. The number of aromatic nitrogens is 2. The molecule has 2 aromatic heterocycles. The first kappa shape index (κ1) is 22.6. The number of fused-ring (bicyclic) bond motifs is 1. The Labute approximate surface area is 192 Å². The Kier molecular flexibility index (Phi) is 7.03. The molecule has 1 fully saturated rings. The smallest absolute Gasteiger partial charge is 0.262 e. The zero-order valence-corrected chi connectivity index (χ0v) is 19.7. The number of aryl methyl sites for hydroxylation is 4. The standard InChI is InChI=1S/C24H30N4O3S/c1-16-4-6-19(7-5-16)20(27-10-12-31-13-11-27)14-25-21(29)8-9-28-15-26-23-22(24(28)30)17(2)18(3)32-23/h4-7,15,20H,8-14H2,1-3H3,(H,25,29). The third-order valence-electron chi connectivity index (χ3n) is 6.18. The molecule has 3 heterocycles. The molecule has 3 aromatic rings. The maximum absolute atomic E-state index is 12.8. The number of carbonyl (C=O) groups is 1. The van der Waals surface area contributed by atoms with Gasteiger partial charge in [0.1, 0.15) is 4.83 Å². The molecule has 170 valence electrons.